The lowest BCUT2D eigenvalue weighted by Gasteiger charge is -2.14. The summed E-state index contributed by atoms with van der Waals surface area (Å²) in [5.74, 6) is 0. The molecule has 1 aromatic carbocycles. The van der Waals surface area contributed by atoms with E-state index in [2.05, 4.69) is 24.3 Å². The van der Waals surface area contributed by atoms with Crippen LogP contribution < -0.4 is 0 Å². The van der Waals surface area contributed by atoms with Gasteiger partial charge in [-0.2, -0.15) is 0 Å². The first-order valence-electron chi connectivity index (χ1n) is 4.56. The zero-order valence-corrected chi connectivity index (χ0v) is 9.90. The minimum atomic E-state index is 1.10. The number of benzene rings is 1. The van der Waals surface area contributed by atoms with Crippen LogP contribution in [-0.2, 0) is 12.8 Å². The number of hydrogen-bond acceptors (Lipinski definition) is 3. The maximum atomic E-state index is 5.33. The molecule has 0 spiro atoms. The second-order valence-corrected chi connectivity index (χ2v) is 6.24. The van der Waals surface area contributed by atoms with Gasteiger partial charge in [0.25, 0.3) is 0 Å². The van der Waals surface area contributed by atoms with Crippen LogP contribution in [0.3, 0.4) is 0 Å². The Morgan fingerprint density at radius 2 is 1.93 bits per heavy atom. The molecule has 0 radical (unpaired) electrons. The normalized spacial score (nSPS) is 13.4. The number of hydrogen-bond donors (Lipinski definition) is 0. The summed E-state index contributed by atoms with van der Waals surface area (Å²) in [6, 6.07) is 8.67. The Kier molecular flexibility index (Phi) is 2.04. The second kappa shape index (κ2) is 3.26. The van der Waals surface area contributed by atoms with E-state index >= 15 is 0 Å². The van der Waals surface area contributed by atoms with Crippen LogP contribution in [0.4, 0.5) is 0 Å². The molecule has 0 atom stereocenters. The van der Waals surface area contributed by atoms with Crippen molar-refractivity contribution in [3.05, 3.63) is 39.2 Å². The van der Waals surface area contributed by atoms with E-state index in [0.717, 1.165) is 16.7 Å². The van der Waals surface area contributed by atoms with Crippen molar-refractivity contribution in [1.29, 1.82) is 0 Å². The van der Waals surface area contributed by atoms with E-state index in [9.17, 15) is 0 Å². The molecule has 0 fully saturated rings. The van der Waals surface area contributed by atoms with Gasteiger partial charge in [0, 0.05) is 5.56 Å². The van der Waals surface area contributed by atoms with E-state index in [0.29, 0.717) is 0 Å². The smallest absolute Gasteiger partial charge is 0.0782 e. The van der Waals surface area contributed by atoms with Gasteiger partial charge >= 0.3 is 0 Å². The molecule has 0 aliphatic heterocycles. The lowest BCUT2D eigenvalue weighted by Crippen LogP contribution is -2.00. The summed E-state index contributed by atoms with van der Waals surface area (Å²) in [5, 5.41) is 0. The van der Waals surface area contributed by atoms with Crippen molar-refractivity contribution in [3.8, 4) is 10.4 Å². The van der Waals surface area contributed by atoms with Crippen LogP contribution in [0.2, 0.25) is 0 Å². The molecular formula is C11H8S3. The molecule has 1 aliphatic rings. The highest BCUT2D eigenvalue weighted by atomic mass is 32.9. The molecule has 0 N–H and O–H groups in total. The lowest BCUT2D eigenvalue weighted by atomic mass is 9.92. The molecule has 2 aromatic rings. The zero-order chi connectivity index (χ0) is 9.54. The quantitative estimate of drug-likeness (QED) is 0.485. The third-order valence-corrected chi connectivity index (χ3v) is 5.80. The average Bonchev–Trinajstić information content (AvgIpc) is 2.61. The molecule has 0 unspecified atom stereocenters. The molecule has 0 amide bonds. The Hall–Kier alpha value is -0.510. The summed E-state index contributed by atoms with van der Waals surface area (Å²) >= 11 is 5.33. The first kappa shape index (κ1) is 8.77. The van der Waals surface area contributed by atoms with Gasteiger partial charge < -0.3 is 0 Å². The largest absolute Gasteiger partial charge is 0.105 e. The molecule has 0 saturated carbocycles. The van der Waals surface area contributed by atoms with Crippen LogP contribution in [0.5, 0.6) is 0 Å². The maximum absolute atomic E-state index is 5.33. The highest BCUT2D eigenvalue weighted by Gasteiger charge is 2.18. The summed E-state index contributed by atoms with van der Waals surface area (Å²) < 4.78 is 1.10. The molecule has 0 bridgehead atoms. The summed E-state index contributed by atoms with van der Waals surface area (Å²) in [7, 11) is 3.57. The van der Waals surface area contributed by atoms with Gasteiger partial charge in [-0.15, -0.1) is 0 Å². The van der Waals surface area contributed by atoms with Crippen molar-refractivity contribution in [2.24, 2.45) is 0 Å². The van der Waals surface area contributed by atoms with Crippen LogP contribution in [0.15, 0.2) is 24.3 Å². The Morgan fingerprint density at radius 3 is 2.86 bits per heavy atom. The predicted octanol–water partition coefficient (Wildman–Crippen LogP) is 4.30. The van der Waals surface area contributed by atoms with Gasteiger partial charge in [-0.05, 0) is 24.0 Å². The van der Waals surface area contributed by atoms with Gasteiger partial charge in [0.05, 0.1) is 4.88 Å². The van der Waals surface area contributed by atoms with E-state index in [-0.39, 0.29) is 0 Å². The Balaban J connectivity index is 2.34. The van der Waals surface area contributed by atoms with Gasteiger partial charge in [-0.25, -0.2) is 0 Å². The molecule has 14 heavy (non-hydrogen) atoms. The fourth-order valence-electron chi connectivity index (χ4n) is 1.92. The van der Waals surface area contributed by atoms with Crippen LogP contribution in [0, 0.1) is 3.82 Å². The Labute approximate surface area is 95.2 Å². The standard InChI is InChI=1S/C11H8S3/c12-11-9-6-5-7-3-1-2-4-8(7)10(9)13-14-11/h1-4H,5-6H2. The summed E-state index contributed by atoms with van der Waals surface area (Å²) in [4.78, 5) is 1.42. The molecule has 3 rings (SSSR count). The Morgan fingerprint density at radius 1 is 1.07 bits per heavy atom. The topological polar surface area (TPSA) is 0 Å². The zero-order valence-electron chi connectivity index (χ0n) is 7.45. The van der Waals surface area contributed by atoms with Crippen LogP contribution >= 0.6 is 32.9 Å². The van der Waals surface area contributed by atoms with Crippen molar-refractivity contribution in [1.82, 2.24) is 0 Å². The summed E-state index contributed by atoms with van der Waals surface area (Å²) in [6.45, 7) is 0. The van der Waals surface area contributed by atoms with Crippen molar-refractivity contribution >= 4 is 32.9 Å². The summed E-state index contributed by atoms with van der Waals surface area (Å²) in [5.41, 5.74) is 4.30. The molecule has 3 heteroatoms. The number of rotatable bonds is 0. The van der Waals surface area contributed by atoms with Crippen LogP contribution in [0.25, 0.3) is 10.4 Å². The first-order chi connectivity index (χ1) is 6.86. The van der Waals surface area contributed by atoms with Crippen molar-refractivity contribution in [2.45, 2.75) is 12.8 Å². The third kappa shape index (κ3) is 1.20. The van der Waals surface area contributed by atoms with Crippen molar-refractivity contribution in [2.75, 3.05) is 0 Å². The number of fused-ring (bicyclic) bond motifs is 3. The highest BCUT2D eigenvalue weighted by molar-refractivity contribution is 7.80. The van der Waals surface area contributed by atoms with E-state index in [4.69, 9.17) is 12.2 Å². The van der Waals surface area contributed by atoms with Crippen molar-refractivity contribution < 1.29 is 0 Å². The summed E-state index contributed by atoms with van der Waals surface area (Å²) in [6.07, 6.45) is 2.28. The molecule has 1 heterocycles. The van der Waals surface area contributed by atoms with E-state index in [1.165, 1.54) is 21.6 Å². The van der Waals surface area contributed by atoms with Gasteiger partial charge in [0.2, 0.25) is 0 Å². The van der Waals surface area contributed by atoms with Crippen molar-refractivity contribution in [3.63, 3.8) is 0 Å². The van der Waals surface area contributed by atoms with Gasteiger partial charge in [0.1, 0.15) is 3.82 Å². The molecule has 70 valence electrons. The highest BCUT2D eigenvalue weighted by Crippen LogP contribution is 2.40. The van der Waals surface area contributed by atoms with Gasteiger partial charge in [-0.1, -0.05) is 57.2 Å². The average molecular weight is 236 g/mol. The van der Waals surface area contributed by atoms with Gasteiger partial charge in [0.15, 0.2) is 0 Å². The fraction of sp³-hybridized carbons (Fsp3) is 0.182. The van der Waals surface area contributed by atoms with Crippen LogP contribution in [-0.4, -0.2) is 0 Å². The third-order valence-electron chi connectivity index (χ3n) is 2.63. The minimum absolute atomic E-state index is 1.10. The SMILES string of the molecule is S=c1ssc2c1CCc1ccccc1-2. The minimum Gasteiger partial charge on any atom is -0.0782 e. The van der Waals surface area contributed by atoms with E-state index < -0.39 is 0 Å². The predicted molar refractivity (Wildman–Crippen MR) is 65.9 cm³/mol. The van der Waals surface area contributed by atoms with Crippen LogP contribution in [0.1, 0.15) is 11.1 Å². The maximum Gasteiger partial charge on any atom is 0.105 e. The monoisotopic (exact) mass is 236 g/mol. The molecule has 0 saturated heterocycles. The molecule has 1 aliphatic carbocycles. The lowest BCUT2D eigenvalue weighted by molar-refractivity contribution is 0.949. The van der Waals surface area contributed by atoms with E-state index in [1.54, 1.807) is 10.3 Å². The molecular weight excluding hydrogens is 228 g/mol. The fourth-order valence-corrected chi connectivity index (χ4v) is 4.96. The molecule has 1 aromatic heterocycles. The van der Waals surface area contributed by atoms with E-state index in [1.807, 2.05) is 10.3 Å². The first-order valence-corrected chi connectivity index (χ1v) is 7.12. The Bertz CT molecular complexity index is 533. The molecule has 0 nitrogen and oxygen atoms in total. The number of aryl methyl sites for hydroxylation is 1. The second-order valence-electron chi connectivity index (χ2n) is 3.42. The van der Waals surface area contributed by atoms with Gasteiger partial charge in [-0.3, -0.25) is 0 Å².